The lowest BCUT2D eigenvalue weighted by molar-refractivity contribution is -0.146. The standard InChI is InChI=1S/C15H18BrNO4/c1-20-15(19)12(9-10-4-6-11(16)7-5-10)17-14(18)13-3-2-8-21-13/h4-7,12-13H,2-3,8-9H2,1H3,(H,17,18)/t12-,13+/m0/s1. The molecule has 1 amide bonds. The smallest absolute Gasteiger partial charge is 0.328 e. The fourth-order valence-corrected chi connectivity index (χ4v) is 2.51. The predicted octanol–water partition coefficient (Wildman–Crippen LogP) is 1.83. The highest BCUT2D eigenvalue weighted by atomic mass is 79.9. The summed E-state index contributed by atoms with van der Waals surface area (Å²) in [6.45, 7) is 0.591. The largest absolute Gasteiger partial charge is 0.467 e. The lowest BCUT2D eigenvalue weighted by Gasteiger charge is -2.18. The first-order valence-corrected chi connectivity index (χ1v) is 7.63. The van der Waals surface area contributed by atoms with E-state index in [1.165, 1.54) is 7.11 Å². The van der Waals surface area contributed by atoms with Crippen LogP contribution in [0.15, 0.2) is 28.7 Å². The molecule has 114 valence electrons. The molecule has 0 aromatic heterocycles. The second-order valence-electron chi connectivity index (χ2n) is 4.92. The molecule has 0 unspecified atom stereocenters. The van der Waals surface area contributed by atoms with Gasteiger partial charge >= 0.3 is 5.97 Å². The number of hydrogen-bond donors (Lipinski definition) is 1. The van der Waals surface area contributed by atoms with Crippen molar-refractivity contribution in [3.05, 3.63) is 34.3 Å². The van der Waals surface area contributed by atoms with Crippen molar-refractivity contribution in [3.63, 3.8) is 0 Å². The Labute approximate surface area is 132 Å². The lowest BCUT2D eigenvalue weighted by Crippen LogP contribution is -2.47. The normalized spacial score (nSPS) is 19.0. The zero-order valence-electron chi connectivity index (χ0n) is 11.8. The summed E-state index contributed by atoms with van der Waals surface area (Å²) >= 11 is 3.36. The summed E-state index contributed by atoms with van der Waals surface area (Å²) in [5.41, 5.74) is 0.946. The summed E-state index contributed by atoms with van der Waals surface area (Å²) in [4.78, 5) is 23.9. The Bertz CT molecular complexity index is 497. The van der Waals surface area contributed by atoms with Gasteiger partial charge in [0.1, 0.15) is 12.1 Å². The van der Waals surface area contributed by atoms with E-state index >= 15 is 0 Å². The van der Waals surface area contributed by atoms with E-state index in [0.717, 1.165) is 16.5 Å². The SMILES string of the molecule is COC(=O)[C@H](Cc1ccc(Br)cc1)NC(=O)[C@H]1CCCO1. The highest BCUT2D eigenvalue weighted by Crippen LogP contribution is 2.14. The van der Waals surface area contributed by atoms with Gasteiger partial charge in [-0.05, 0) is 30.5 Å². The van der Waals surface area contributed by atoms with Crippen LogP contribution in [0, 0.1) is 0 Å². The number of benzene rings is 1. The van der Waals surface area contributed by atoms with E-state index in [-0.39, 0.29) is 5.91 Å². The van der Waals surface area contributed by atoms with Crippen LogP contribution in [0.5, 0.6) is 0 Å². The second kappa shape index (κ2) is 7.56. The number of hydrogen-bond acceptors (Lipinski definition) is 4. The van der Waals surface area contributed by atoms with Crippen molar-refractivity contribution in [3.8, 4) is 0 Å². The number of carbonyl (C=O) groups is 2. The number of amides is 1. The van der Waals surface area contributed by atoms with Crippen LogP contribution in [-0.4, -0.2) is 37.7 Å². The quantitative estimate of drug-likeness (QED) is 0.818. The Hall–Kier alpha value is -1.40. The van der Waals surface area contributed by atoms with Crippen molar-refractivity contribution in [2.24, 2.45) is 0 Å². The molecule has 1 aromatic carbocycles. The Balaban J connectivity index is 2.01. The Morgan fingerprint density at radius 2 is 2.14 bits per heavy atom. The van der Waals surface area contributed by atoms with E-state index in [9.17, 15) is 9.59 Å². The van der Waals surface area contributed by atoms with Gasteiger partial charge in [-0.2, -0.15) is 0 Å². The van der Waals surface area contributed by atoms with Crippen LogP contribution < -0.4 is 5.32 Å². The summed E-state index contributed by atoms with van der Waals surface area (Å²) in [5, 5.41) is 2.72. The van der Waals surface area contributed by atoms with Gasteiger partial charge in [-0.25, -0.2) is 4.79 Å². The molecule has 0 aliphatic carbocycles. The van der Waals surface area contributed by atoms with Crippen LogP contribution in [0.4, 0.5) is 0 Å². The molecule has 2 rings (SSSR count). The molecule has 1 aliphatic rings. The number of carbonyl (C=O) groups excluding carboxylic acids is 2. The number of halogens is 1. The fourth-order valence-electron chi connectivity index (χ4n) is 2.24. The highest BCUT2D eigenvalue weighted by Gasteiger charge is 2.28. The third kappa shape index (κ3) is 4.54. The Morgan fingerprint density at radius 3 is 2.71 bits per heavy atom. The van der Waals surface area contributed by atoms with Gasteiger partial charge in [0.2, 0.25) is 5.91 Å². The van der Waals surface area contributed by atoms with Gasteiger partial charge in [0.25, 0.3) is 0 Å². The van der Waals surface area contributed by atoms with Gasteiger partial charge in [-0.3, -0.25) is 4.79 Å². The topological polar surface area (TPSA) is 64.6 Å². The van der Waals surface area contributed by atoms with Gasteiger partial charge in [0.15, 0.2) is 0 Å². The van der Waals surface area contributed by atoms with Crippen molar-refractivity contribution >= 4 is 27.8 Å². The van der Waals surface area contributed by atoms with E-state index in [1.807, 2.05) is 24.3 Å². The first-order valence-electron chi connectivity index (χ1n) is 6.84. The summed E-state index contributed by atoms with van der Waals surface area (Å²) in [5.74, 6) is -0.704. The molecule has 5 nitrogen and oxygen atoms in total. The zero-order valence-corrected chi connectivity index (χ0v) is 13.4. The zero-order chi connectivity index (χ0) is 15.2. The molecule has 2 atom stereocenters. The summed E-state index contributed by atoms with van der Waals surface area (Å²) in [6.07, 6.45) is 1.49. The van der Waals surface area contributed by atoms with E-state index in [0.29, 0.717) is 19.4 Å². The number of ether oxygens (including phenoxy) is 2. The Kier molecular flexibility index (Phi) is 5.76. The average molecular weight is 356 g/mol. The minimum atomic E-state index is -0.701. The van der Waals surface area contributed by atoms with Crippen LogP contribution in [0.3, 0.4) is 0 Å². The molecule has 1 N–H and O–H groups in total. The number of esters is 1. The van der Waals surface area contributed by atoms with Gasteiger partial charge < -0.3 is 14.8 Å². The third-order valence-electron chi connectivity index (χ3n) is 3.38. The van der Waals surface area contributed by atoms with Crippen LogP contribution in [-0.2, 0) is 25.5 Å². The van der Waals surface area contributed by atoms with Crippen molar-refractivity contribution in [2.75, 3.05) is 13.7 Å². The van der Waals surface area contributed by atoms with Crippen molar-refractivity contribution in [1.29, 1.82) is 0 Å². The van der Waals surface area contributed by atoms with Crippen LogP contribution in [0.2, 0.25) is 0 Å². The second-order valence-corrected chi connectivity index (χ2v) is 5.83. The molecule has 1 aromatic rings. The molecule has 0 spiro atoms. The first kappa shape index (κ1) is 16.0. The van der Waals surface area contributed by atoms with Gasteiger partial charge in [-0.1, -0.05) is 28.1 Å². The van der Waals surface area contributed by atoms with E-state index in [2.05, 4.69) is 21.2 Å². The molecule has 0 bridgehead atoms. The predicted molar refractivity (Wildman–Crippen MR) is 80.8 cm³/mol. The molecule has 1 fully saturated rings. The minimum absolute atomic E-state index is 0.250. The summed E-state index contributed by atoms with van der Waals surface area (Å²) < 4.78 is 11.1. The van der Waals surface area contributed by atoms with E-state index < -0.39 is 18.1 Å². The minimum Gasteiger partial charge on any atom is -0.467 e. The highest BCUT2D eigenvalue weighted by molar-refractivity contribution is 9.10. The molecule has 21 heavy (non-hydrogen) atoms. The molecule has 6 heteroatoms. The lowest BCUT2D eigenvalue weighted by atomic mass is 10.1. The molecule has 1 aliphatic heterocycles. The maximum absolute atomic E-state index is 12.1. The Morgan fingerprint density at radius 1 is 1.43 bits per heavy atom. The number of methoxy groups -OCH3 is 1. The van der Waals surface area contributed by atoms with Crippen molar-refractivity contribution in [1.82, 2.24) is 5.32 Å². The molecule has 0 radical (unpaired) electrons. The van der Waals surface area contributed by atoms with Gasteiger partial charge in [0, 0.05) is 17.5 Å². The third-order valence-corrected chi connectivity index (χ3v) is 3.91. The van der Waals surface area contributed by atoms with Crippen LogP contribution in [0.1, 0.15) is 18.4 Å². The van der Waals surface area contributed by atoms with Gasteiger partial charge in [0.05, 0.1) is 7.11 Å². The molecule has 1 saturated heterocycles. The van der Waals surface area contributed by atoms with Crippen molar-refractivity contribution in [2.45, 2.75) is 31.4 Å². The maximum Gasteiger partial charge on any atom is 0.328 e. The molecule has 0 saturated carbocycles. The van der Waals surface area contributed by atoms with Crippen molar-refractivity contribution < 1.29 is 19.1 Å². The fraction of sp³-hybridized carbons (Fsp3) is 0.467. The molecular formula is C15H18BrNO4. The maximum atomic E-state index is 12.1. The summed E-state index contributed by atoms with van der Waals surface area (Å²) in [6, 6.07) is 6.89. The first-order chi connectivity index (χ1) is 10.1. The van der Waals surface area contributed by atoms with Crippen LogP contribution in [0.25, 0.3) is 0 Å². The van der Waals surface area contributed by atoms with Crippen LogP contribution >= 0.6 is 15.9 Å². The molecule has 1 heterocycles. The number of rotatable bonds is 5. The van der Waals surface area contributed by atoms with Gasteiger partial charge in [-0.15, -0.1) is 0 Å². The summed E-state index contributed by atoms with van der Waals surface area (Å²) in [7, 11) is 1.31. The van der Waals surface area contributed by atoms with E-state index in [4.69, 9.17) is 9.47 Å². The van der Waals surface area contributed by atoms with E-state index in [1.54, 1.807) is 0 Å². The monoisotopic (exact) mass is 355 g/mol. The number of nitrogens with one attached hydrogen (secondary N) is 1. The average Bonchev–Trinajstić information content (AvgIpc) is 3.02. The molecular weight excluding hydrogens is 338 g/mol.